The smallest absolute Gasteiger partial charge is 0.316 e. The molecule has 0 aromatic heterocycles. The van der Waals surface area contributed by atoms with Crippen LogP contribution in [0.3, 0.4) is 0 Å². The summed E-state index contributed by atoms with van der Waals surface area (Å²) in [4.78, 5) is 25.0. The van der Waals surface area contributed by atoms with Gasteiger partial charge in [-0.1, -0.05) is 18.6 Å². The van der Waals surface area contributed by atoms with Gasteiger partial charge in [-0.15, -0.1) is 0 Å². The van der Waals surface area contributed by atoms with Crippen molar-refractivity contribution in [3.05, 3.63) is 29.8 Å². The van der Waals surface area contributed by atoms with Gasteiger partial charge in [0.05, 0.1) is 0 Å². The maximum absolute atomic E-state index is 11.9. The molecule has 2 heterocycles. The van der Waals surface area contributed by atoms with Crippen LogP contribution < -0.4 is 15.5 Å². The topological polar surface area (TPSA) is 61.4 Å². The van der Waals surface area contributed by atoms with Gasteiger partial charge < -0.3 is 15.5 Å². The maximum Gasteiger partial charge on any atom is 0.316 e. The third-order valence-corrected chi connectivity index (χ3v) is 4.18. The predicted octanol–water partition coefficient (Wildman–Crippen LogP) is 0.834. The van der Waals surface area contributed by atoms with Crippen molar-refractivity contribution in [1.29, 1.82) is 0 Å². The van der Waals surface area contributed by atoms with Crippen molar-refractivity contribution in [3.63, 3.8) is 0 Å². The van der Waals surface area contributed by atoms with Crippen LogP contribution in [0.5, 0.6) is 0 Å². The Morgan fingerprint density at radius 3 is 2.90 bits per heavy atom. The number of piperazine rings is 1. The number of anilines is 1. The van der Waals surface area contributed by atoms with Gasteiger partial charge in [0.1, 0.15) is 0 Å². The second kappa shape index (κ2) is 6.26. The number of nitrogens with zero attached hydrogens (tertiary/aromatic N) is 1. The molecule has 0 spiro atoms. The molecular weight excluding hydrogens is 266 g/mol. The summed E-state index contributed by atoms with van der Waals surface area (Å²) in [6, 6.07) is 8.51. The van der Waals surface area contributed by atoms with Gasteiger partial charge in [0, 0.05) is 24.8 Å². The molecule has 3 rings (SSSR count). The number of benzene rings is 1. The minimum Gasteiger partial charge on any atom is -0.346 e. The lowest BCUT2D eigenvalue weighted by Crippen LogP contribution is -2.52. The van der Waals surface area contributed by atoms with Gasteiger partial charge in [0.25, 0.3) is 0 Å². The number of amides is 2. The summed E-state index contributed by atoms with van der Waals surface area (Å²) in [5, 5.41) is 6.11. The minimum atomic E-state index is -0.513. The third-order valence-electron chi connectivity index (χ3n) is 4.18. The highest BCUT2D eigenvalue weighted by molar-refractivity contribution is 6.41. The first-order valence-electron chi connectivity index (χ1n) is 7.66. The molecule has 1 atom stereocenters. The fourth-order valence-electron chi connectivity index (χ4n) is 3.06. The summed E-state index contributed by atoms with van der Waals surface area (Å²) in [6.07, 6.45) is 4.72. The van der Waals surface area contributed by atoms with Gasteiger partial charge >= 0.3 is 11.8 Å². The molecule has 1 unspecified atom stereocenters. The van der Waals surface area contributed by atoms with E-state index in [1.165, 1.54) is 24.8 Å². The van der Waals surface area contributed by atoms with Gasteiger partial charge in [0.2, 0.25) is 0 Å². The lowest BCUT2D eigenvalue weighted by Gasteiger charge is -2.27. The van der Waals surface area contributed by atoms with E-state index in [-0.39, 0.29) is 0 Å². The number of hydrogen-bond donors (Lipinski definition) is 2. The lowest BCUT2D eigenvalue weighted by atomic mass is 9.97. The van der Waals surface area contributed by atoms with E-state index in [4.69, 9.17) is 0 Å². The Morgan fingerprint density at radius 2 is 2.10 bits per heavy atom. The van der Waals surface area contributed by atoms with Gasteiger partial charge in [-0.25, -0.2) is 0 Å². The van der Waals surface area contributed by atoms with Crippen LogP contribution in [-0.2, 0) is 16.0 Å². The first-order chi connectivity index (χ1) is 10.2. The maximum atomic E-state index is 11.9. The van der Waals surface area contributed by atoms with Crippen LogP contribution in [0, 0.1) is 0 Å². The van der Waals surface area contributed by atoms with Crippen molar-refractivity contribution >= 4 is 17.5 Å². The molecule has 2 amide bonds. The molecule has 0 bridgehead atoms. The number of hydrogen-bond acceptors (Lipinski definition) is 3. The predicted molar refractivity (Wildman–Crippen MR) is 81.2 cm³/mol. The molecule has 1 aromatic rings. The molecule has 0 aliphatic carbocycles. The van der Waals surface area contributed by atoms with Gasteiger partial charge in [0.15, 0.2) is 0 Å². The van der Waals surface area contributed by atoms with Gasteiger partial charge in [-0.3, -0.25) is 9.59 Å². The number of piperidine rings is 1. The number of nitrogens with one attached hydrogen (secondary N) is 2. The molecule has 5 heteroatoms. The van der Waals surface area contributed by atoms with Gasteiger partial charge in [-0.2, -0.15) is 0 Å². The Labute approximate surface area is 124 Å². The van der Waals surface area contributed by atoms with E-state index in [2.05, 4.69) is 16.7 Å². The average Bonchev–Trinajstić information content (AvgIpc) is 2.51. The lowest BCUT2D eigenvalue weighted by molar-refractivity contribution is -0.138. The fourth-order valence-corrected chi connectivity index (χ4v) is 3.06. The largest absolute Gasteiger partial charge is 0.346 e. The number of carbonyl (C=O) groups excluding carboxylic acids is 2. The summed E-state index contributed by atoms with van der Waals surface area (Å²) in [5.41, 5.74) is 2.04. The molecule has 21 heavy (non-hydrogen) atoms. The molecule has 0 saturated carbocycles. The van der Waals surface area contributed by atoms with Gasteiger partial charge in [-0.05, 0) is 43.5 Å². The molecule has 2 N–H and O–H groups in total. The molecule has 0 radical (unpaired) electrons. The molecule has 112 valence electrons. The zero-order valence-electron chi connectivity index (χ0n) is 12.1. The van der Waals surface area contributed by atoms with Crippen molar-refractivity contribution in [3.8, 4) is 0 Å². The van der Waals surface area contributed by atoms with E-state index >= 15 is 0 Å². The quantitative estimate of drug-likeness (QED) is 0.810. The minimum absolute atomic E-state index is 0.464. The first kappa shape index (κ1) is 14.1. The highest BCUT2D eigenvalue weighted by Crippen LogP contribution is 2.20. The van der Waals surface area contributed by atoms with E-state index < -0.39 is 11.8 Å². The van der Waals surface area contributed by atoms with Crippen LogP contribution in [-0.4, -0.2) is 37.5 Å². The first-order valence-corrected chi connectivity index (χ1v) is 7.66. The van der Waals surface area contributed by atoms with E-state index in [1.807, 2.05) is 18.2 Å². The summed E-state index contributed by atoms with van der Waals surface area (Å²) in [7, 11) is 0. The third kappa shape index (κ3) is 3.24. The van der Waals surface area contributed by atoms with Crippen LogP contribution in [0.15, 0.2) is 24.3 Å². The summed E-state index contributed by atoms with van der Waals surface area (Å²) in [5.74, 6) is -0.977. The Kier molecular flexibility index (Phi) is 4.20. The molecule has 2 aliphatic rings. The van der Waals surface area contributed by atoms with Crippen LogP contribution >= 0.6 is 0 Å². The molecule has 5 nitrogen and oxygen atoms in total. The van der Waals surface area contributed by atoms with E-state index in [0.29, 0.717) is 19.1 Å². The summed E-state index contributed by atoms with van der Waals surface area (Å²) < 4.78 is 0. The van der Waals surface area contributed by atoms with Crippen molar-refractivity contribution in [2.75, 3.05) is 24.5 Å². The zero-order chi connectivity index (χ0) is 14.7. The Morgan fingerprint density at radius 1 is 1.19 bits per heavy atom. The molecule has 2 aliphatic heterocycles. The zero-order valence-corrected chi connectivity index (χ0v) is 12.1. The molecular formula is C16H21N3O2. The van der Waals surface area contributed by atoms with E-state index in [0.717, 1.165) is 18.7 Å². The van der Waals surface area contributed by atoms with Crippen LogP contribution in [0.4, 0.5) is 5.69 Å². The second-order valence-electron chi connectivity index (χ2n) is 5.73. The summed E-state index contributed by atoms with van der Waals surface area (Å²) >= 11 is 0. The number of rotatable bonds is 3. The van der Waals surface area contributed by atoms with E-state index in [1.54, 1.807) is 4.90 Å². The van der Waals surface area contributed by atoms with Crippen molar-refractivity contribution in [2.45, 2.75) is 31.7 Å². The fraction of sp³-hybridized carbons (Fsp3) is 0.500. The monoisotopic (exact) mass is 287 g/mol. The Balaban J connectivity index is 1.73. The molecule has 2 saturated heterocycles. The van der Waals surface area contributed by atoms with Crippen LogP contribution in [0.2, 0.25) is 0 Å². The highest BCUT2D eigenvalue weighted by atomic mass is 16.2. The second-order valence-corrected chi connectivity index (χ2v) is 5.73. The summed E-state index contributed by atoms with van der Waals surface area (Å²) in [6.45, 7) is 2.14. The average molecular weight is 287 g/mol. The van der Waals surface area contributed by atoms with Crippen LogP contribution in [0.1, 0.15) is 24.8 Å². The highest BCUT2D eigenvalue weighted by Gasteiger charge is 2.27. The van der Waals surface area contributed by atoms with Crippen LogP contribution in [0.25, 0.3) is 0 Å². The van der Waals surface area contributed by atoms with Crippen molar-refractivity contribution < 1.29 is 9.59 Å². The molecule has 1 aromatic carbocycles. The number of carbonyl (C=O) groups is 2. The van der Waals surface area contributed by atoms with E-state index in [9.17, 15) is 9.59 Å². The van der Waals surface area contributed by atoms with Crippen molar-refractivity contribution in [2.24, 2.45) is 0 Å². The van der Waals surface area contributed by atoms with Crippen molar-refractivity contribution in [1.82, 2.24) is 10.6 Å². The standard InChI is InChI=1S/C16H21N3O2/c20-15-16(21)19(9-8-18-15)14-6-3-4-12(11-14)10-13-5-1-2-7-17-13/h3-4,6,11,13,17H,1-2,5,7-10H2,(H,18,20). The molecule has 2 fully saturated rings. The Hall–Kier alpha value is -1.88. The SMILES string of the molecule is O=C1NCCN(c2cccc(CC3CCCCN3)c2)C1=O. The normalized spacial score (nSPS) is 23.0. The Bertz CT molecular complexity index is 538.